The van der Waals surface area contributed by atoms with E-state index >= 15 is 0 Å². The third-order valence-electron chi connectivity index (χ3n) is 5.93. The van der Waals surface area contributed by atoms with Crippen LogP contribution in [-0.2, 0) is 19.2 Å². The van der Waals surface area contributed by atoms with Gasteiger partial charge in [-0.2, -0.15) is 8.42 Å². The summed E-state index contributed by atoms with van der Waals surface area (Å²) >= 11 is 4.78. The molecule has 4 rings (SSSR count). The van der Waals surface area contributed by atoms with Crippen molar-refractivity contribution in [2.24, 2.45) is 11.1 Å². The number of benzene rings is 1. The standard InChI is InChI=1S/C23H25BrN4O6S2/c1-33-22(13-3-2-4-16(24)5-13)15-7-20(35-11-15)21(30)18-9-26-12-27-23(18)28-17-6-14(19(29)8-17)10-34-36(25,31)32/h2-5,7,9,11-12,14,17,19,22,29H,6,8,10H2,1H3,(H2,25,31,32)(H,26,27,28)/t14-,17-,19+,22-/m1/s1. The van der Waals surface area contributed by atoms with Crippen molar-refractivity contribution in [2.75, 3.05) is 19.0 Å². The maximum atomic E-state index is 13.4. The van der Waals surface area contributed by atoms with Gasteiger partial charge in [-0.3, -0.25) is 8.98 Å². The van der Waals surface area contributed by atoms with Crippen LogP contribution in [0.5, 0.6) is 0 Å². The minimum Gasteiger partial charge on any atom is -0.393 e. The molecule has 1 aromatic carbocycles. The quantitative estimate of drug-likeness (QED) is 0.299. The number of methoxy groups -OCH3 is 1. The van der Waals surface area contributed by atoms with Crippen LogP contribution in [0, 0.1) is 5.92 Å². The van der Waals surface area contributed by atoms with Gasteiger partial charge in [0.05, 0.1) is 23.2 Å². The van der Waals surface area contributed by atoms with E-state index in [9.17, 15) is 18.3 Å². The SMILES string of the molecule is CO[C@H](c1cccc(Br)c1)c1csc(C(=O)c2cncnc2N[C@@H]2C[C@H](COS(N)(=O)=O)[C@@H](O)C2)c1. The van der Waals surface area contributed by atoms with Gasteiger partial charge < -0.3 is 15.2 Å². The van der Waals surface area contributed by atoms with E-state index in [1.54, 1.807) is 13.2 Å². The number of ketones is 1. The van der Waals surface area contributed by atoms with Gasteiger partial charge in [0.25, 0.3) is 0 Å². The number of halogens is 1. The predicted octanol–water partition coefficient (Wildman–Crippen LogP) is 3.04. The second kappa shape index (κ2) is 11.4. The number of hydrogen-bond acceptors (Lipinski definition) is 10. The largest absolute Gasteiger partial charge is 0.393 e. The Kier molecular flexibility index (Phi) is 8.50. The van der Waals surface area contributed by atoms with Crippen molar-refractivity contribution in [1.82, 2.24) is 9.97 Å². The Morgan fingerprint density at radius 1 is 1.33 bits per heavy atom. The van der Waals surface area contributed by atoms with Crippen molar-refractivity contribution in [3.63, 3.8) is 0 Å². The first-order chi connectivity index (χ1) is 17.1. The zero-order valence-corrected chi connectivity index (χ0v) is 22.4. The summed E-state index contributed by atoms with van der Waals surface area (Å²) in [6.45, 7) is -0.218. The van der Waals surface area contributed by atoms with Crippen LogP contribution < -0.4 is 10.5 Å². The van der Waals surface area contributed by atoms with E-state index in [1.165, 1.54) is 23.9 Å². The summed E-state index contributed by atoms with van der Waals surface area (Å²) in [6, 6.07) is 9.35. The number of carbonyl (C=O) groups is 1. The molecule has 2 aromatic heterocycles. The maximum Gasteiger partial charge on any atom is 0.333 e. The summed E-state index contributed by atoms with van der Waals surface area (Å²) in [4.78, 5) is 22.2. The lowest BCUT2D eigenvalue weighted by molar-refractivity contribution is 0.101. The van der Waals surface area contributed by atoms with Crippen LogP contribution in [0.1, 0.15) is 45.3 Å². The number of carbonyl (C=O) groups excluding carboxylic acids is 1. The van der Waals surface area contributed by atoms with E-state index < -0.39 is 22.3 Å². The Morgan fingerprint density at radius 2 is 2.14 bits per heavy atom. The van der Waals surface area contributed by atoms with E-state index in [1.807, 2.05) is 29.6 Å². The molecule has 0 unspecified atom stereocenters. The summed E-state index contributed by atoms with van der Waals surface area (Å²) in [5.74, 6) is -0.331. The van der Waals surface area contributed by atoms with Crippen LogP contribution >= 0.6 is 27.3 Å². The van der Waals surface area contributed by atoms with Crippen LogP contribution in [0.3, 0.4) is 0 Å². The third-order valence-corrected chi connectivity index (χ3v) is 7.84. The Bertz CT molecular complexity index is 1340. The predicted molar refractivity (Wildman–Crippen MR) is 138 cm³/mol. The molecule has 2 heterocycles. The van der Waals surface area contributed by atoms with Crippen molar-refractivity contribution < 1.29 is 27.2 Å². The molecule has 192 valence electrons. The van der Waals surface area contributed by atoms with E-state index in [-0.39, 0.29) is 24.5 Å². The van der Waals surface area contributed by atoms with E-state index in [2.05, 4.69) is 35.4 Å². The molecule has 0 aliphatic heterocycles. The molecule has 0 spiro atoms. The summed E-state index contributed by atoms with van der Waals surface area (Å²) in [5.41, 5.74) is 2.10. The Morgan fingerprint density at radius 3 is 2.86 bits per heavy atom. The van der Waals surface area contributed by atoms with Gasteiger partial charge in [0.15, 0.2) is 0 Å². The molecule has 3 aromatic rings. The maximum absolute atomic E-state index is 13.4. The smallest absolute Gasteiger partial charge is 0.333 e. The lowest BCUT2D eigenvalue weighted by Crippen LogP contribution is -2.24. The second-order valence-corrected chi connectivity index (χ2v) is 11.5. The van der Waals surface area contributed by atoms with Crippen LogP contribution in [0.2, 0.25) is 0 Å². The number of hydrogen-bond donors (Lipinski definition) is 3. The average molecular weight is 598 g/mol. The zero-order chi connectivity index (χ0) is 25.9. The van der Waals surface area contributed by atoms with Gasteiger partial charge in [0, 0.05) is 29.7 Å². The van der Waals surface area contributed by atoms with Crippen molar-refractivity contribution in [3.05, 3.63) is 74.3 Å². The molecule has 4 atom stereocenters. The van der Waals surface area contributed by atoms with E-state index in [4.69, 9.17) is 9.88 Å². The Hall–Kier alpha value is -2.26. The first kappa shape index (κ1) is 26.8. The number of nitrogens with zero attached hydrogens (tertiary/aromatic N) is 2. The third kappa shape index (κ3) is 6.54. The van der Waals surface area contributed by atoms with Crippen LogP contribution in [-0.4, -0.2) is 55.1 Å². The highest BCUT2D eigenvalue weighted by Crippen LogP contribution is 2.33. The minimum absolute atomic E-state index is 0.218. The minimum atomic E-state index is -4.09. The van der Waals surface area contributed by atoms with Gasteiger partial charge >= 0.3 is 10.3 Å². The molecule has 36 heavy (non-hydrogen) atoms. The number of nitrogens with one attached hydrogen (secondary N) is 1. The van der Waals surface area contributed by atoms with Crippen molar-refractivity contribution in [2.45, 2.75) is 31.1 Å². The van der Waals surface area contributed by atoms with Gasteiger partial charge in [-0.25, -0.2) is 15.1 Å². The number of anilines is 1. The fourth-order valence-electron chi connectivity index (χ4n) is 4.26. The molecule has 0 bridgehead atoms. The summed E-state index contributed by atoms with van der Waals surface area (Å²) in [5, 5.41) is 20.3. The van der Waals surface area contributed by atoms with Crippen molar-refractivity contribution in [3.8, 4) is 0 Å². The molecule has 10 nitrogen and oxygen atoms in total. The molecular weight excluding hydrogens is 572 g/mol. The molecule has 0 amide bonds. The van der Waals surface area contributed by atoms with Gasteiger partial charge in [-0.15, -0.1) is 11.3 Å². The molecule has 1 fully saturated rings. The number of thiophene rings is 1. The number of aliphatic hydroxyl groups is 1. The second-order valence-electron chi connectivity index (χ2n) is 8.45. The molecule has 0 radical (unpaired) electrons. The van der Waals surface area contributed by atoms with Gasteiger partial charge in [-0.05, 0) is 47.5 Å². The average Bonchev–Trinajstić information content (AvgIpc) is 3.44. The molecule has 13 heteroatoms. The molecular formula is C23H25BrN4O6S2. The van der Waals surface area contributed by atoms with Crippen molar-refractivity contribution >= 4 is 49.2 Å². The van der Waals surface area contributed by atoms with Crippen molar-refractivity contribution in [1.29, 1.82) is 0 Å². The van der Waals surface area contributed by atoms with Gasteiger partial charge in [0.2, 0.25) is 5.78 Å². The normalized spacial score (nSPS) is 20.8. The number of ether oxygens (including phenoxy) is 1. The monoisotopic (exact) mass is 596 g/mol. The highest BCUT2D eigenvalue weighted by atomic mass is 79.9. The number of nitrogens with two attached hydrogens (primary N) is 1. The molecule has 1 aliphatic rings. The lowest BCUT2D eigenvalue weighted by Gasteiger charge is -2.16. The first-order valence-electron chi connectivity index (χ1n) is 11.0. The summed E-state index contributed by atoms with van der Waals surface area (Å²) in [6.07, 6.45) is 2.42. The van der Waals surface area contributed by atoms with E-state index in [0.717, 1.165) is 15.6 Å². The fourth-order valence-corrected chi connectivity index (χ4v) is 5.92. The lowest BCUT2D eigenvalue weighted by atomic mass is 10.0. The molecule has 1 saturated carbocycles. The molecule has 1 aliphatic carbocycles. The highest BCUT2D eigenvalue weighted by molar-refractivity contribution is 9.10. The highest BCUT2D eigenvalue weighted by Gasteiger charge is 2.35. The summed E-state index contributed by atoms with van der Waals surface area (Å²) in [7, 11) is -2.47. The van der Waals surface area contributed by atoms with E-state index in [0.29, 0.717) is 29.1 Å². The fraction of sp³-hybridized carbons (Fsp3) is 0.348. The van der Waals surface area contributed by atoms with Crippen LogP contribution in [0.25, 0.3) is 0 Å². The Balaban J connectivity index is 1.49. The molecule has 4 N–H and O–H groups in total. The van der Waals surface area contributed by atoms with Crippen LogP contribution in [0.4, 0.5) is 5.82 Å². The number of aromatic nitrogens is 2. The Labute approximate surface area is 221 Å². The number of rotatable bonds is 10. The van der Waals surface area contributed by atoms with Gasteiger partial charge in [-0.1, -0.05) is 28.1 Å². The summed E-state index contributed by atoms with van der Waals surface area (Å²) < 4.78 is 33.4. The van der Waals surface area contributed by atoms with Gasteiger partial charge in [0.1, 0.15) is 18.2 Å². The molecule has 0 saturated heterocycles. The topological polar surface area (TPSA) is 154 Å². The van der Waals surface area contributed by atoms with Crippen LogP contribution in [0.15, 0.2) is 52.7 Å². The number of aliphatic hydroxyl groups excluding tert-OH is 1. The zero-order valence-electron chi connectivity index (χ0n) is 19.2. The first-order valence-corrected chi connectivity index (χ1v) is 14.1.